The maximum absolute atomic E-state index is 11.8. The smallest absolute Gasteiger partial charge is 0.235 e. The number of amides is 1. The molecule has 2 rings (SSSR count). The molecule has 1 aromatic rings. The van der Waals surface area contributed by atoms with Gasteiger partial charge in [0.05, 0.1) is 43.9 Å². The van der Waals surface area contributed by atoms with Crippen molar-refractivity contribution in [3.63, 3.8) is 0 Å². The molecule has 9 heteroatoms. The van der Waals surface area contributed by atoms with E-state index in [4.69, 9.17) is 9.47 Å². The molecule has 1 aliphatic rings. The Balaban J connectivity index is 1.84. The summed E-state index contributed by atoms with van der Waals surface area (Å²) in [5.41, 5.74) is 0.808. The van der Waals surface area contributed by atoms with Gasteiger partial charge in [-0.3, -0.25) is 9.78 Å². The van der Waals surface area contributed by atoms with Gasteiger partial charge in [0.25, 0.3) is 0 Å². The molecule has 0 unspecified atom stereocenters. The predicted octanol–water partition coefficient (Wildman–Crippen LogP) is -0.579. The van der Waals surface area contributed by atoms with Crippen LogP contribution in [-0.4, -0.2) is 57.5 Å². The van der Waals surface area contributed by atoms with E-state index in [1.54, 1.807) is 6.20 Å². The van der Waals surface area contributed by atoms with Crippen LogP contribution in [0.4, 0.5) is 0 Å². The number of sulfonamides is 1. The molecule has 1 saturated heterocycles. The number of hydrogen-bond acceptors (Lipinski definition) is 6. The Labute approximate surface area is 135 Å². The lowest BCUT2D eigenvalue weighted by molar-refractivity contribution is -0.125. The third kappa shape index (κ3) is 6.61. The zero-order valence-corrected chi connectivity index (χ0v) is 13.7. The summed E-state index contributed by atoms with van der Waals surface area (Å²) in [6.07, 6.45) is 3.15. The Kier molecular flexibility index (Phi) is 6.46. The van der Waals surface area contributed by atoms with Crippen LogP contribution in [-0.2, 0) is 30.9 Å². The van der Waals surface area contributed by atoms with E-state index >= 15 is 0 Å². The number of rotatable bonds is 7. The Morgan fingerprint density at radius 1 is 1.48 bits per heavy atom. The summed E-state index contributed by atoms with van der Waals surface area (Å²) in [6.45, 7) is 0.931. The van der Waals surface area contributed by atoms with E-state index in [9.17, 15) is 13.2 Å². The highest BCUT2D eigenvalue weighted by atomic mass is 32.2. The van der Waals surface area contributed by atoms with Gasteiger partial charge in [0.2, 0.25) is 15.9 Å². The molecule has 8 nitrogen and oxygen atoms in total. The molecule has 128 valence electrons. The van der Waals surface area contributed by atoms with Crippen molar-refractivity contribution in [1.82, 2.24) is 15.0 Å². The van der Waals surface area contributed by atoms with Crippen LogP contribution in [0.3, 0.4) is 0 Å². The molecular weight excluding hydrogens is 322 g/mol. The van der Waals surface area contributed by atoms with Crippen molar-refractivity contribution in [3.05, 3.63) is 30.1 Å². The number of ether oxygens (including phenoxy) is 2. The number of carbonyl (C=O) groups excluding carboxylic acids is 1. The number of pyridine rings is 1. The van der Waals surface area contributed by atoms with Gasteiger partial charge in [-0.15, -0.1) is 0 Å². The fraction of sp³-hybridized carbons (Fsp3) is 0.571. The van der Waals surface area contributed by atoms with Crippen LogP contribution in [0.1, 0.15) is 12.1 Å². The standard InChI is InChI=1S/C14H21N3O5S/c1-23(19,20)16-8-14(18)17-12-10-21-7-5-13(12)22-9-11-4-2-3-6-15-11/h2-4,6,12-13,16H,5,7-10H2,1H3,(H,17,18)/t12-,13-/m1/s1. The number of carbonyl (C=O) groups is 1. The topological polar surface area (TPSA) is 107 Å². The fourth-order valence-electron chi connectivity index (χ4n) is 2.18. The molecule has 0 spiro atoms. The van der Waals surface area contributed by atoms with E-state index < -0.39 is 15.9 Å². The lowest BCUT2D eigenvalue weighted by Crippen LogP contribution is -2.52. The summed E-state index contributed by atoms with van der Waals surface area (Å²) < 4.78 is 35.4. The second kappa shape index (κ2) is 8.34. The molecule has 0 aromatic carbocycles. The highest BCUT2D eigenvalue weighted by Gasteiger charge is 2.28. The van der Waals surface area contributed by atoms with Crippen molar-refractivity contribution in [2.24, 2.45) is 0 Å². The van der Waals surface area contributed by atoms with Crippen LogP contribution in [0.15, 0.2) is 24.4 Å². The molecule has 1 aromatic heterocycles. The molecule has 2 heterocycles. The lowest BCUT2D eigenvalue weighted by Gasteiger charge is -2.32. The minimum Gasteiger partial charge on any atom is -0.379 e. The van der Waals surface area contributed by atoms with Crippen LogP contribution in [0.2, 0.25) is 0 Å². The summed E-state index contributed by atoms with van der Waals surface area (Å²) >= 11 is 0. The maximum Gasteiger partial charge on any atom is 0.235 e. The number of aromatic nitrogens is 1. The molecule has 2 N–H and O–H groups in total. The van der Waals surface area contributed by atoms with E-state index in [-0.39, 0.29) is 18.7 Å². The van der Waals surface area contributed by atoms with Crippen LogP contribution in [0, 0.1) is 0 Å². The highest BCUT2D eigenvalue weighted by molar-refractivity contribution is 7.88. The third-order valence-electron chi connectivity index (χ3n) is 3.31. The quantitative estimate of drug-likeness (QED) is 0.686. The van der Waals surface area contributed by atoms with Crippen LogP contribution in [0.25, 0.3) is 0 Å². The van der Waals surface area contributed by atoms with Gasteiger partial charge in [-0.2, -0.15) is 0 Å². The minimum absolute atomic E-state index is 0.201. The molecular formula is C14H21N3O5S. The average molecular weight is 343 g/mol. The maximum atomic E-state index is 11.8. The summed E-state index contributed by atoms with van der Waals surface area (Å²) in [6, 6.07) is 5.26. The summed E-state index contributed by atoms with van der Waals surface area (Å²) in [5.74, 6) is -0.419. The molecule has 1 aliphatic heterocycles. The van der Waals surface area contributed by atoms with Crippen molar-refractivity contribution >= 4 is 15.9 Å². The zero-order chi connectivity index (χ0) is 16.7. The first-order valence-corrected chi connectivity index (χ1v) is 9.16. The van der Waals surface area contributed by atoms with Gasteiger partial charge >= 0.3 is 0 Å². The Hall–Kier alpha value is -1.55. The number of nitrogens with one attached hydrogen (secondary N) is 2. The fourth-order valence-corrected chi connectivity index (χ4v) is 2.58. The van der Waals surface area contributed by atoms with E-state index in [1.165, 1.54) is 0 Å². The second-order valence-corrected chi connectivity index (χ2v) is 7.13. The molecule has 0 bridgehead atoms. The summed E-state index contributed by atoms with van der Waals surface area (Å²) in [5, 5.41) is 2.74. The molecule has 0 radical (unpaired) electrons. The Morgan fingerprint density at radius 3 is 3.00 bits per heavy atom. The van der Waals surface area contributed by atoms with Crippen LogP contribution in [0.5, 0.6) is 0 Å². The van der Waals surface area contributed by atoms with Gasteiger partial charge in [0.15, 0.2) is 0 Å². The average Bonchev–Trinajstić information content (AvgIpc) is 2.52. The lowest BCUT2D eigenvalue weighted by atomic mass is 10.1. The first-order chi connectivity index (χ1) is 10.9. The van der Waals surface area contributed by atoms with Gasteiger partial charge in [0, 0.05) is 12.8 Å². The van der Waals surface area contributed by atoms with E-state index in [1.807, 2.05) is 18.2 Å². The monoisotopic (exact) mass is 343 g/mol. The van der Waals surface area contributed by atoms with E-state index in [0.717, 1.165) is 11.9 Å². The summed E-state index contributed by atoms with van der Waals surface area (Å²) in [7, 11) is -3.40. The predicted molar refractivity (Wildman–Crippen MR) is 83.0 cm³/mol. The number of nitrogens with zero attached hydrogens (tertiary/aromatic N) is 1. The number of hydrogen-bond donors (Lipinski definition) is 2. The molecule has 1 fully saturated rings. The largest absolute Gasteiger partial charge is 0.379 e. The zero-order valence-electron chi connectivity index (χ0n) is 12.9. The van der Waals surface area contributed by atoms with Gasteiger partial charge in [-0.1, -0.05) is 6.07 Å². The van der Waals surface area contributed by atoms with Crippen molar-refractivity contribution < 1.29 is 22.7 Å². The second-order valence-electron chi connectivity index (χ2n) is 5.30. The molecule has 23 heavy (non-hydrogen) atoms. The van der Waals surface area contributed by atoms with Crippen molar-refractivity contribution in [3.8, 4) is 0 Å². The molecule has 0 aliphatic carbocycles. The van der Waals surface area contributed by atoms with Gasteiger partial charge in [-0.25, -0.2) is 13.1 Å². The molecule has 0 saturated carbocycles. The van der Waals surface area contributed by atoms with Crippen molar-refractivity contribution in [2.75, 3.05) is 26.0 Å². The highest BCUT2D eigenvalue weighted by Crippen LogP contribution is 2.13. The van der Waals surface area contributed by atoms with Crippen molar-refractivity contribution in [2.45, 2.75) is 25.2 Å². The normalized spacial score (nSPS) is 21.8. The first kappa shape index (κ1) is 17.8. The van der Waals surface area contributed by atoms with Crippen molar-refractivity contribution in [1.29, 1.82) is 0 Å². The molecule has 1 amide bonds. The summed E-state index contributed by atoms with van der Waals surface area (Å²) in [4.78, 5) is 16.0. The van der Waals surface area contributed by atoms with Crippen LogP contribution < -0.4 is 10.0 Å². The third-order valence-corrected chi connectivity index (χ3v) is 3.97. The van der Waals surface area contributed by atoms with Gasteiger partial charge in [0.1, 0.15) is 0 Å². The first-order valence-electron chi connectivity index (χ1n) is 7.27. The SMILES string of the molecule is CS(=O)(=O)NCC(=O)N[C@@H]1COCC[C@H]1OCc1ccccn1. The van der Waals surface area contributed by atoms with Gasteiger partial charge < -0.3 is 14.8 Å². The minimum atomic E-state index is -3.40. The Morgan fingerprint density at radius 2 is 2.30 bits per heavy atom. The van der Waals surface area contributed by atoms with E-state index in [2.05, 4.69) is 15.0 Å². The van der Waals surface area contributed by atoms with Gasteiger partial charge in [-0.05, 0) is 18.6 Å². The molecule has 2 atom stereocenters. The van der Waals surface area contributed by atoms with Crippen LogP contribution >= 0.6 is 0 Å². The van der Waals surface area contributed by atoms with E-state index in [0.29, 0.717) is 26.2 Å². The Bertz CT molecular complexity index is 608.